The summed E-state index contributed by atoms with van der Waals surface area (Å²) in [4.78, 5) is 23.0. The lowest BCUT2D eigenvalue weighted by molar-refractivity contribution is -0.149. The second-order valence-corrected chi connectivity index (χ2v) is 5.24. The van der Waals surface area contributed by atoms with Crippen molar-refractivity contribution in [3.8, 4) is 0 Å². The van der Waals surface area contributed by atoms with Gasteiger partial charge in [0.05, 0.1) is 0 Å². The van der Waals surface area contributed by atoms with Crippen molar-refractivity contribution in [2.75, 3.05) is 0 Å². The van der Waals surface area contributed by atoms with E-state index >= 15 is 0 Å². The Kier molecular flexibility index (Phi) is 3.54. The van der Waals surface area contributed by atoms with Crippen LogP contribution in [0.1, 0.15) is 36.0 Å². The van der Waals surface area contributed by atoms with Crippen LogP contribution in [-0.4, -0.2) is 22.9 Å². The number of para-hydroxylation sites is 1. The number of rotatable bonds is 4. The molecule has 0 saturated heterocycles. The first-order valence-electron chi connectivity index (χ1n) is 7.00. The van der Waals surface area contributed by atoms with Crippen molar-refractivity contribution in [2.24, 2.45) is 0 Å². The van der Waals surface area contributed by atoms with E-state index < -0.39 is 0 Å². The largest absolute Gasteiger partial charge is 0.461 e. The highest BCUT2D eigenvalue weighted by Gasteiger charge is 2.20. The summed E-state index contributed by atoms with van der Waals surface area (Å²) in [5.41, 5.74) is 1.49. The maximum atomic E-state index is 12.0. The fourth-order valence-electron chi connectivity index (χ4n) is 2.87. The van der Waals surface area contributed by atoms with E-state index in [1.54, 1.807) is 10.8 Å². The average molecular weight is 271 g/mol. The normalized spacial score (nSPS) is 15.6. The molecule has 0 N–H and O–H groups in total. The number of carbonyl (C=O) groups excluding carboxylic acids is 2. The van der Waals surface area contributed by atoms with Crippen molar-refractivity contribution in [3.05, 3.63) is 36.0 Å². The van der Waals surface area contributed by atoms with E-state index in [9.17, 15) is 9.59 Å². The number of hydrogen-bond acceptors (Lipinski definition) is 3. The number of nitrogens with zero attached hydrogens (tertiary/aromatic N) is 1. The van der Waals surface area contributed by atoms with Crippen molar-refractivity contribution < 1.29 is 14.3 Å². The topological polar surface area (TPSA) is 48.3 Å². The van der Waals surface area contributed by atoms with Gasteiger partial charge < -0.3 is 9.30 Å². The van der Waals surface area contributed by atoms with E-state index in [1.165, 1.54) is 0 Å². The zero-order valence-corrected chi connectivity index (χ0v) is 11.2. The van der Waals surface area contributed by atoms with Gasteiger partial charge in [-0.1, -0.05) is 18.2 Å². The molecule has 104 valence electrons. The Bertz CT molecular complexity index is 638. The van der Waals surface area contributed by atoms with Gasteiger partial charge in [0, 0.05) is 22.7 Å². The molecule has 0 spiro atoms. The number of carbonyl (C=O) groups is 2. The molecule has 1 aliphatic carbocycles. The van der Waals surface area contributed by atoms with Crippen LogP contribution >= 0.6 is 0 Å². The highest BCUT2D eigenvalue weighted by Crippen LogP contribution is 2.22. The second kappa shape index (κ2) is 5.49. The predicted octanol–water partition coefficient (Wildman–Crippen LogP) is 2.94. The molecule has 3 rings (SSSR count). The molecule has 0 atom stereocenters. The number of esters is 1. The number of benzene rings is 1. The van der Waals surface area contributed by atoms with Crippen LogP contribution in [0.4, 0.5) is 0 Å². The third-order valence-electron chi connectivity index (χ3n) is 3.85. The van der Waals surface area contributed by atoms with E-state index in [0.717, 1.165) is 42.9 Å². The summed E-state index contributed by atoms with van der Waals surface area (Å²) in [7, 11) is 0. The summed E-state index contributed by atoms with van der Waals surface area (Å²) < 4.78 is 7.25. The lowest BCUT2D eigenvalue weighted by atomic mass is 10.2. The lowest BCUT2D eigenvalue weighted by Gasteiger charge is -2.12. The zero-order valence-electron chi connectivity index (χ0n) is 11.2. The second-order valence-electron chi connectivity index (χ2n) is 5.24. The molecular weight excluding hydrogens is 254 g/mol. The van der Waals surface area contributed by atoms with Crippen molar-refractivity contribution >= 4 is 23.2 Å². The molecule has 1 heterocycles. The average Bonchev–Trinajstić information content (AvgIpc) is 3.07. The van der Waals surface area contributed by atoms with Gasteiger partial charge in [0.25, 0.3) is 0 Å². The summed E-state index contributed by atoms with van der Waals surface area (Å²) in [6.45, 7) is 0.158. The molecule has 20 heavy (non-hydrogen) atoms. The molecule has 0 bridgehead atoms. The van der Waals surface area contributed by atoms with Gasteiger partial charge in [-0.05, 0) is 31.7 Å². The Morgan fingerprint density at radius 2 is 2.05 bits per heavy atom. The van der Waals surface area contributed by atoms with Gasteiger partial charge in [0.1, 0.15) is 12.6 Å². The summed E-state index contributed by atoms with van der Waals surface area (Å²) in [5.74, 6) is -0.227. The Hall–Kier alpha value is -2.10. The highest BCUT2D eigenvalue weighted by atomic mass is 16.5. The third kappa shape index (κ3) is 2.46. The van der Waals surface area contributed by atoms with Gasteiger partial charge >= 0.3 is 5.97 Å². The fraction of sp³-hybridized carbons (Fsp3) is 0.375. The minimum Gasteiger partial charge on any atom is -0.461 e. The monoisotopic (exact) mass is 271 g/mol. The Morgan fingerprint density at radius 3 is 2.80 bits per heavy atom. The summed E-state index contributed by atoms with van der Waals surface area (Å²) >= 11 is 0. The van der Waals surface area contributed by atoms with Gasteiger partial charge in [-0.25, -0.2) is 0 Å². The van der Waals surface area contributed by atoms with Crippen LogP contribution in [0.25, 0.3) is 10.9 Å². The van der Waals surface area contributed by atoms with Crippen molar-refractivity contribution in [2.45, 2.75) is 38.3 Å². The van der Waals surface area contributed by atoms with E-state index in [-0.39, 0.29) is 18.6 Å². The molecular formula is C16H17NO3. The molecule has 4 nitrogen and oxygen atoms in total. The van der Waals surface area contributed by atoms with E-state index in [4.69, 9.17) is 4.74 Å². The number of ether oxygens (including phenoxy) is 1. The van der Waals surface area contributed by atoms with E-state index in [1.807, 2.05) is 24.3 Å². The smallest absolute Gasteiger partial charge is 0.326 e. The fourth-order valence-corrected chi connectivity index (χ4v) is 2.87. The van der Waals surface area contributed by atoms with Gasteiger partial charge in [-0.3, -0.25) is 9.59 Å². The van der Waals surface area contributed by atoms with E-state index in [0.29, 0.717) is 5.56 Å². The molecule has 1 saturated carbocycles. The van der Waals surface area contributed by atoms with Crippen molar-refractivity contribution in [3.63, 3.8) is 0 Å². The van der Waals surface area contributed by atoms with Gasteiger partial charge in [-0.2, -0.15) is 0 Å². The van der Waals surface area contributed by atoms with Crippen LogP contribution < -0.4 is 0 Å². The first-order valence-corrected chi connectivity index (χ1v) is 7.00. The molecule has 1 aromatic carbocycles. The van der Waals surface area contributed by atoms with E-state index in [2.05, 4.69) is 0 Å². The molecule has 0 aliphatic heterocycles. The first kappa shape index (κ1) is 12.9. The highest BCUT2D eigenvalue weighted by molar-refractivity contribution is 5.98. The maximum Gasteiger partial charge on any atom is 0.326 e. The quantitative estimate of drug-likeness (QED) is 0.634. The summed E-state index contributed by atoms with van der Waals surface area (Å²) in [5, 5.41) is 0.871. The van der Waals surface area contributed by atoms with Crippen molar-refractivity contribution in [1.29, 1.82) is 0 Å². The number of fused-ring (bicyclic) bond motifs is 1. The van der Waals surface area contributed by atoms with Crippen LogP contribution in [-0.2, 0) is 16.1 Å². The third-order valence-corrected chi connectivity index (χ3v) is 3.85. The predicted molar refractivity (Wildman–Crippen MR) is 75.7 cm³/mol. The minimum atomic E-state index is -0.227. The number of hydrogen-bond donors (Lipinski definition) is 0. The van der Waals surface area contributed by atoms with Gasteiger partial charge in [0.15, 0.2) is 6.29 Å². The van der Waals surface area contributed by atoms with Crippen LogP contribution in [0.3, 0.4) is 0 Å². The molecule has 0 amide bonds. The van der Waals surface area contributed by atoms with Gasteiger partial charge in [0.2, 0.25) is 0 Å². The zero-order chi connectivity index (χ0) is 13.9. The molecule has 1 fully saturated rings. The summed E-state index contributed by atoms with van der Waals surface area (Å²) in [6.07, 6.45) is 6.83. The van der Waals surface area contributed by atoms with Crippen LogP contribution in [0.2, 0.25) is 0 Å². The SMILES string of the molecule is O=Cc1cn(CC(=O)OC2CCCC2)c2ccccc12. The lowest BCUT2D eigenvalue weighted by Crippen LogP contribution is -2.19. The molecule has 2 aromatic rings. The Morgan fingerprint density at radius 1 is 1.30 bits per heavy atom. The van der Waals surface area contributed by atoms with Gasteiger partial charge in [-0.15, -0.1) is 0 Å². The van der Waals surface area contributed by atoms with Crippen LogP contribution in [0.15, 0.2) is 30.5 Å². The number of aldehydes is 1. The molecule has 0 unspecified atom stereocenters. The Balaban J connectivity index is 1.79. The minimum absolute atomic E-state index is 0.0786. The summed E-state index contributed by atoms with van der Waals surface area (Å²) in [6, 6.07) is 7.58. The molecule has 1 aliphatic rings. The Labute approximate surface area is 117 Å². The van der Waals surface area contributed by atoms with Crippen LogP contribution in [0.5, 0.6) is 0 Å². The number of aromatic nitrogens is 1. The van der Waals surface area contributed by atoms with Crippen molar-refractivity contribution in [1.82, 2.24) is 4.57 Å². The first-order chi connectivity index (χ1) is 9.78. The standard InChI is InChI=1S/C16H17NO3/c18-11-12-9-17(15-8-4-3-7-14(12)15)10-16(19)20-13-5-1-2-6-13/h3-4,7-9,11,13H,1-2,5-6,10H2. The molecule has 4 heteroatoms. The molecule has 1 aromatic heterocycles. The van der Waals surface area contributed by atoms with Crippen LogP contribution in [0, 0.1) is 0 Å². The maximum absolute atomic E-state index is 12.0. The molecule has 0 radical (unpaired) electrons.